The van der Waals surface area contributed by atoms with Crippen molar-refractivity contribution in [2.75, 3.05) is 25.3 Å². The van der Waals surface area contributed by atoms with Gasteiger partial charge in [0.2, 0.25) is 5.91 Å². The first-order chi connectivity index (χ1) is 8.47. The predicted molar refractivity (Wildman–Crippen MR) is 72.0 cm³/mol. The topological polar surface area (TPSA) is 73.6 Å². The fourth-order valence-electron chi connectivity index (χ4n) is 1.57. The van der Waals surface area contributed by atoms with E-state index in [9.17, 15) is 4.79 Å². The zero-order chi connectivity index (χ0) is 13.7. The number of methoxy groups -OCH3 is 2. The number of nitrogens with two attached hydrogens (primary N) is 1. The van der Waals surface area contributed by atoms with Crippen LogP contribution in [0.4, 0.5) is 11.4 Å². The van der Waals surface area contributed by atoms with Gasteiger partial charge in [0.15, 0.2) is 11.5 Å². The molecule has 1 rings (SSSR count). The van der Waals surface area contributed by atoms with Crippen LogP contribution in [0.25, 0.3) is 0 Å². The van der Waals surface area contributed by atoms with Crippen LogP contribution < -0.4 is 20.5 Å². The molecule has 0 aliphatic heterocycles. The van der Waals surface area contributed by atoms with Gasteiger partial charge in [-0.15, -0.1) is 0 Å². The van der Waals surface area contributed by atoms with E-state index in [1.54, 1.807) is 12.1 Å². The number of anilines is 2. The number of benzene rings is 1. The third-order valence-corrected chi connectivity index (χ3v) is 2.42. The maximum Gasteiger partial charge on any atom is 0.224 e. The predicted octanol–water partition coefficient (Wildman–Crippen LogP) is 2.27. The number of carbonyl (C=O) groups excluding carboxylic acids is 1. The molecular formula is C13H20N2O3. The Bertz CT molecular complexity index is 430. The molecule has 0 saturated heterocycles. The monoisotopic (exact) mass is 252 g/mol. The van der Waals surface area contributed by atoms with Crippen LogP contribution in [0.2, 0.25) is 0 Å². The number of nitrogen functional groups attached to an aromatic ring is 1. The highest BCUT2D eigenvalue weighted by atomic mass is 16.5. The molecule has 5 nitrogen and oxygen atoms in total. The van der Waals surface area contributed by atoms with E-state index in [1.165, 1.54) is 14.2 Å². The smallest absolute Gasteiger partial charge is 0.224 e. The number of hydrogen-bond donors (Lipinski definition) is 2. The second kappa shape index (κ2) is 6.14. The van der Waals surface area contributed by atoms with Crippen molar-refractivity contribution in [3.05, 3.63) is 12.1 Å². The summed E-state index contributed by atoms with van der Waals surface area (Å²) in [6.07, 6.45) is 0.452. The van der Waals surface area contributed by atoms with Crippen molar-refractivity contribution in [2.45, 2.75) is 20.3 Å². The zero-order valence-electron chi connectivity index (χ0n) is 11.2. The van der Waals surface area contributed by atoms with Crippen LogP contribution in [-0.4, -0.2) is 20.1 Å². The molecule has 0 fully saturated rings. The van der Waals surface area contributed by atoms with E-state index in [0.717, 1.165) is 0 Å². The molecule has 1 aromatic rings. The maximum atomic E-state index is 11.7. The third-order valence-electron chi connectivity index (χ3n) is 2.42. The van der Waals surface area contributed by atoms with E-state index < -0.39 is 0 Å². The molecule has 0 saturated carbocycles. The van der Waals surface area contributed by atoms with Gasteiger partial charge in [-0.05, 0) is 5.92 Å². The quantitative estimate of drug-likeness (QED) is 0.788. The van der Waals surface area contributed by atoms with Crippen molar-refractivity contribution in [2.24, 2.45) is 5.92 Å². The van der Waals surface area contributed by atoms with E-state index in [2.05, 4.69) is 5.32 Å². The Hall–Kier alpha value is -1.91. The minimum absolute atomic E-state index is 0.0658. The zero-order valence-corrected chi connectivity index (χ0v) is 11.2. The highest BCUT2D eigenvalue weighted by molar-refractivity contribution is 5.94. The van der Waals surface area contributed by atoms with Gasteiger partial charge in [0.1, 0.15) is 0 Å². The van der Waals surface area contributed by atoms with Gasteiger partial charge in [0, 0.05) is 18.6 Å². The molecule has 0 aromatic heterocycles. The average Bonchev–Trinajstić information content (AvgIpc) is 2.30. The molecular weight excluding hydrogens is 232 g/mol. The SMILES string of the molecule is COc1cc(N)c(NC(=O)CC(C)C)cc1OC. The highest BCUT2D eigenvalue weighted by Gasteiger charge is 2.12. The molecule has 0 atom stereocenters. The molecule has 0 aliphatic carbocycles. The summed E-state index contributed by atoms with van der Waals surface area (Å²) in [6, 6.07) is 3.29. The minimum Gasteiger partial charge on any atom is -0.493 e. The van der Waals surface area contributed by atoms with Gasteiger partial charge in [0.05, 0.1) is 25.6 Å². The fourth-order valence-corrected chi connectivity index (χ4v) is 1.57. The molecule has 0 bridgehead atoms. The van der Waals surface area contributed by atoms with Crippen LogP contribution >= 0.6 is 0 Å². The lowest BCUT2D eigenvalue weighted by molar-refractivity contribution is -0.116. The van der Waals surface area contributed by atoms with E-state index in [0.29, 0.717) is 35.2 Å². The van der Waals surface area contributed by atoms with Crippen LogP contribution in [-0.2, 0) is 4.79 Å². The number of rotatable bonds is 5. The van der Waals surface area contributed by atoms with Gasteiger partial charge in [0.25, 0.3) is 0 Å². The lowest BCUT2D eigenvalue weighted by Crippen LogP contribution is -2.15. The molecule has 0 heterocycles. The van der Waals surface area contributed by atoms with Crippen LogP contribution in [0.5, 0.6) is 11.5 Å². The lowest BCUT2D eigenvalue weighted by atomic mass is 10.1. The van der Waals surface area contributed by atoms with Gasteiger partial charge in [-0.2, -0.15) is 0 Å². The molecule has 0 aliphatic rings. The average molecular weight is 252 g/mol. The van der Waals surface area contributed by atoms with Crippen molar-refractivity contribution in [1.29, 1.82) is 0 Å². The van der Waals surface area contributed by atoms with Crippen molar-refractivity contribution in [3.63, 3.8) is 0 Å². The maximum absolute atomic E-state index is 11.7. The Labute approximate surface area is 107 Å². The molecule has 1 amide bonds. The molecule has 0 spiro atoms. The van der Waals surface area contributed by atoms with E-state index in [-0.39, 0.29) is 5.91 Å². The lowest BCUT2D eigenvalue weighted by Gasteiger charge is -2.13. The first kappa shape index (κ1) is 14.2. The fraction of sp³-hybridized carbons (Fsp3) is 0.462. The number of carbonyl (C=O) groups is 1. The minimum atomic E-state index is -0.0658. The molecule has 0 unspecified atom stereocenters. The summed E-state index contributed by atoms with van der Waals surface area (Å²) in [4.78, 5) is 11.7. The van der Waals surface area contributed by atoms with E-state index >= 15 is 0 Å². The van der Waals surface area contributed by atoms with Gasteiger partial charge in [-0.25, -0.2) is 0 Å². The summed E-state index contributed by atoms with van der Waals surface area (Å²) in [5.41, 5.74) is 6.84. The van der Waals surface area contributed by atoms with Crippen LogP contribution in [0.15, 0.2) is 12.1 Å². The van der Waals surface area contributed by atoms with Gasteiger partial charge >= 0.3 is 0 Å². The molecule has 18 heavy (non-hydrogen) atoms. The number of ether oxygens (including phenoxy) is 2. The highest BCUT2D eigenvalue weighted by Crippen LogP contribution is 2.34. The largest absolute Gasteiger partial charge is 0.493 e. The Kier molecular flexibility index (Phi) is 4.83. The Balaban J connectivity index is 2.92. The number of amides is 1. The Morgan fingerprint density at radius 1 is 1.28 bits per heavy atom. The van der Waals surface area contributed by atoms with Crippen LogP contribution in [0.1, 0.15) is 20.3 Å². The van der Waals surface area contributed by atoms with Crippen molar-refractivity contribution in [1.82, 2.24) is 0 Å². The molecule has 100 valence electrons. The molecule has 5 heteroatoms. The summed E-state index contributed by atoms with van der Waals surface area (Å²) in [5, 5.41) is 2.77. The molecule has 3 N–H and O–H groups in total. The summed E-state index contributed by atoms with van der Waals surface area (Å²) in [5.74, 6) is 1.30. The normalized spacial score (nSPS) is 10.3. The molecule has 0 radical (unpaired) electrons. The van der Waals surface area contributed by atoms with Crippen LogP contribution in [0.3, 0.4) is 0 Å². The van der Waals surface area contributed by atoms with Gasteiger partial charge in [-0.3, -0.25) is 4.79 Å². The summed E-state index contributed by atoms with van der Waals surface area (Å²) >= 11 is 0. The Morgan fingerprint density at radius 3 is 2.33 bits per heavy atom. The summed E-state index contributed by atoms with van der Waals surface area (Å²) < 4.78 is 10.3. The second-order valence-corrected chi connectivity index (χ2v) is 4.44. The summed E-state index contributed by atoms with van der Waals surface area (Å²) in [7, 11) is 3.07. The first-order valence-electron chi connectivity index (χ1n) is 5.79. The van der Waals surface area contributed by atoms with Crippen molar-refractivity contribution in [3.8, 4) is 11.5 Å². The Morgan fingerprint density at radius 2 is 1.83 bits per heavy atom. The standard InChI is InChI=1S/C13H20N2O3/c1-8(2)5-13(16)15-10-7-12(18-4)11(17-3)6-9(10)14/h6-8H,5,14H2,1-4H3,(H,15,16). The number of nitrogens with one attached hydrogen (secondary N) is 1. The van der Waals surface area contributed by atoms with Crippen molar-refractivity contribution < 1.29 is 14.3 Å². The van der Waals surface area contributed by atoms with Gasteiger partial charge in [-0.1, -0.05) is 13.8 Å². The van der Waals surface area contributed by atoms with Gasteiger partial charge < -0.3 is 20.5 Å². The first-order valence-corrected chi connectivity index (χ1v) is 5.79. The van der Waals surface area contributed by atoms with Crippen LogP contribution in [0, 0.1) is 5.92 Å². The number of hydrogen-bond acceptors (Lipinski definition) is 4. The van der Waals surface area contributed by atoms with E-state index in [4.69, 9.17) is 15.2 Å². The van der Waals surface area contributed by atoms with E-state index in [1.807, 2.05) is 13.8 Å². The molecule has 1 aromatic carbocycles. The second-order valence-electron chi connectivity index (χ2n) is 4.44. The summed E-state index contributed by atoms with van der Waals surface area (Å²) in [6.45, 7) is 3.97. The van der Waals surface area contributed by atoms with Crippen molar-refractivity contribution >= 4 is 17.3 Å². The third kappa shape index (κ3) is 3.55.